The van der Waals surface area contributed by atoms with Crippen LogP contribution >= 0.6 is 0 Å². The Balaban J connectivity index is 2.13. The fourth-order valence-corrected chi connectivity index (χ4v) is 1.77. The number of carbonyl (C=O) groups is 1. The molecule has 15 heavy (non-hydrogen) atoms. The monoisotopic (exact) mass is 204 g/mol. The van der Waals surface area contributed by atoms with Crippen LogP contribution < -0.4 is 10.6 Å². The first-order valence-corrected chi connectivity index (χ1v) is 5.31. The molecule has 1 aromatic carbocycles. The van der Waals surface area contributed by atoms with Crippen molar-refractivity contribution in [3.05, 3.63) is 35.4 Å². The van der Waals surface area contributed by atoms with E-state index in [4.69, 9.17) is 0 Å². The minimum atomic E-state index is -0.0760. The van der Waals surface area contributed by atoms with E-state index in [9.17, 15) is 4.79 Å². The summed E-state index contributed by atoms with van der Waals surface area (Å²) in [6, 6.07) is 8.49. The molecule has 0 spiro atoms. The van der Waals surface area contributed by atoms with Crippen molar-refractivity contribution in [2.75, 3.05) is 6.54 Å². The summed E-state index contributed by atoms with van der Waals surface area (Å²) >= 11 is 0. The highest BCUT2D eigenvalue weighted by atomic mass is 16.2. The highest BCUT2D eigenvalue weighted by Gasteiger charge is 2.21. The third-order valence-corrected chi connectivity index (χ3v) is 2.78. The van der Waals surface area contributed by atoms with E-state index in [-0.39, 0.29) is 12.1 Å². The van der Waals surface area contributed by atoms with Gasteiger partial charge in [-0.3, -0.25) is 0 Å². The average Bonchev–Trinajstić information content (AvgIpc) is 2.65. The minimum Gasteiger partial charge on any atom is -0.336 e. The number of nitrogens with one attached hydrogen (secondary N) is 2. The van der Waals surface area contributed by atoms with Gasteiger partial charge in [0.05, 0.1) is 6.04 Å². The summed E-state index contributed by atoms with van der Waals surface area (Å²) in [4.78, 5) is 11.0. The molecule has 0 aliphatic carbocycles. The Kier molecular flexibility index (Phi) is 2.62. The second kappa shape index (κ2) is 3.93. The lowest BCUT2D eigenvalue weighted by molar-refractivity contribution is 0.247. The minimum absolute atomic E-state index is 0.0760. The fraction of sp³-hybridized carbons (Fsp3) is 0.417. The average molecular weight is 204 g/mol. The van der Waals surface area contributed by atoms with Gasteiger partial charge in [-0.05, 0) is 17.0 Å². The van der Waals surface area contributed by atoms with Crippen molar-refractivity contribution in [1.82, 2.24) is 10.6 Å². The van der Waals surface area contributed by atoms with Gasteiger partial charge in [0, 0.05) is 6.54 Å². The molecule has 0 unspecified atom stereocenters. The maximum absolute atomic E-state index is 11.0. The smallest absolute Gasteiger partial charge is 0.315 e. The van der Waals surface area contributed by atoms with E-state index >= 15 is 0 Å². The quantitative estimate of drug-likeness (QED) is 0.761. The van der Waals surface area contributed by atoms with Crippen LogP contribution in [-0.4, -0.2) is 12.6 Å². The van der Waals surface area contributed by atoms with Crippen LogP contribution in [0.3, 0.4) is 0 Å². The van der Waals surface area contributed by atoms with Crippen LogP contribution in [0.5, 0.6) is 0 Å². The lowest BCUT2D eigenvalue weighted by Crippen LogP contribution is -2.21. The molecule has 3 nitrogen and oxygen atoms in total. The number of rotatable bonds is 2. The predicted molar refractivity (Wildman–Crippen MR) is 59.8 cm³/mol. The van der Waals surface area contributed by atoms with Crippen molar-refractivity contribution in [2.45, 2.75) is 25.8 Å². The molecule has 1 saturated heterocycles. The van der Waals surface area contributed by atoms with Crippen molar-refractivity contribution < 1.29 is 4.79 Å². The topological polar surface area (TPSA) is 41.1 Å². The van der Waals surface area contributed by atoms with Gasteiger partial charge < -0.3 is 10.6 Å². The number of carbonyl (C=O) groups excluding carboxylic acids is 1. The van der Waals surface area contributed by atoms with Gasteiger partial charge in [0.2, 0.25) is 0 Å². The summed E-state index contributed by atoms with van der Waals surface area (Å²) < 4.78 is 0. The normalized spacial score (nSPS) is 20.2. The maximum Gasteiger partial charge on any atom is 0.315 e. The largest absolute Gasteiger partial charge is 0.336 e. The Labute approximate surface area is 89.9 Å². The molecular formula is C12H16N2O. The van der Waals surface area contributed by atoms with E-state index in [1.165, 1.54) is 5.56 Å². The lowest BCUT2D eigenvalue weighted by Gasteiger charge is -2.11. The Hall–Kier alpha value is -1.51. The third-order valence-electron chi connectivity index (χ3n) is 2.78. The molecule has 2 rings (SSSR count). The van der Waals surface area contributed by atoms with Crippen molar-refractivity contribution >= 4 is 6.03 Å². The lowest BCUT2D eigenvalue weighted by atomic mass is 9.99. The molecule has 80 valence electrons. The molecular weight excluding hydrogens is 188 g/mol. The van der Waals surface area contributed by atoms with Gasteiger partial charge in [-0.25, -0.2) is 4.79 Å². The Morgan fingerprint density at radius 1 is 1.27 bits per heavy atom. The molecule has 1 atom stereocenters. The Morgan fingerprint density at radius 3 is 2.40 bits per heavy atom. The highest BCUT2D eigenvalue weighted by Crippen LogP contribution is 2.19. The second-order valence-electron chi connectivity index (χ2n) is 4.23. The molecule has 1 aromatic rings. The van der Waals surface area contributed by atoms with E-state index < -0.39 is 0 Å². The van der Waals surface area contributed by atoms with Crippen molar-refractivity contribution in [2.24, 2.45) is 0 Å². The maximum atomic E-state index is 11.0. The molecule has 1 fully saturated rings. The first kappa shape index (κ1) is 10.0. The SMILES string of the molecule is CC(C)c1ccc([C@H]2CNC(=O)N2)cc1. The molecule has 1 aliphatic heterocycles. The van der Waals surface area contributed by atoms with Gasteiger partial charge in [-0.15, -0.1) is 0 Å². The summed E-state index contributed by atoms with van der Waals surface area (Å²) in [5.74, 6) is 0.551. The summed E-state index contributed by atoms with van der Waals surface area (Å²) in [5, 5.41) is 5.62. The van der Waals surface area contributed by atoms with E-state index in [2.05, 4.69) is 48.7 Å². The molecule has 0 aromatic heterocycles. The standard InChI is InChI=1S/C12H16N2O/c1-8(2)9-3-5-10(6-4-9)11-7-13-12(15)14-11/h3-6,8,11H,7H2,1-2H3,(H2,13,14,15)/t11-/m1/s1. The number of hydrogen-bond donors (Lipinski definition) is 2. The van der Waals surface area contributed by atoms with Crippen LogP contribution in [0.2, 0.25) is 0 Å². The first-order chi connectivity index (χ1) is 7.16. The van der Waals surface area contributed by atoms with Crippen LogP contribution in [0.15, 0.2) is 24.3 Å². The molecule has 0 saturated carbocycles. The first-order valence-electron chi connectivity index (χ1n) is 5.31. The number of hydrogen-bond acceptors (Lipinski definition) is 1. The third kappa shape index (κ3) is 2.12. The van der Waals surface area contributed by atoms with Crippen LogP contribution in [0.25, 0.3) is 0 Å². The zero-order valence-corrected chi connectivity index (χ0v) is 9.08. The molecule has 0 bridgehead atoms. The number of amides is 2. The molecule has 0 radical (unpaired) electrons. The zero-order valence-electron chi connectivity index (χ0n) is 9.08. The fourth-order valence-electron chi connectivity index (χ4n) is 1.77. The number of urea groups is 1. The predicted octanol–water partition coefficient (Wildman–Crippen LogP) is 2.16. The Morgan fingerprint density at radius 2 is 1.93 bits per heavy atom. The van der Waals surface area contributed by atoms with Crippen LogP contribution in [0, 0.1) is 0 Å². The molecule has 2 N–H and O–H groups in total. The van der Waals surface area contributed by atoms with E-state index in [1.54, 1.807) is 0 Å². The van der Waals surface area contributed by atoms with Gasteiger partial charge in [-0.2, -0.15) is 0 Å². The van der Waals surface area contributed by atoms with Gasteiger partial charge in [0.1, 0.15) is 0 Å². The van der Waals surface area contributed by atoms with E-state index in [0.29, 0.717) is 12.5 Å². The van der Waals surface area contributed by atoms with E-state index in [0.717, 1.165) is 5.56 Å². The van der Waals surface area contributed by atoms with Crippen LogP contribution in [0.1, 0.15) is 36.9 Å². The van der Waals surface area contributed by atoms with Crippen LogP contribution in [0.4, 0.5) is 4.79 Å². The second-order valence-corrected chi connectivity index (χ2v) is 4.23. The van der Waals surface area contributed by atoms with Crippen LogP contribution in [-0.2, 0) is 0 Å². The summed E-state index contributed by atoms with van der Waals surface area (Å²) in [5.41, 5.74) is 2.49. The summed E-state index contributed by atoms with van der Waals surface area (Å²) in [7, 11) is 0. The number of benzene rings is 1. The zero-order chi connectivity index (χ0) is 10.8. The molecule has 1 heterocycles. The molecule has 2 amide bonds. The Bertz CT molecular complexity index is 356. The van der Waals surface area contributed by atoms with Gasteiger partial charge in [0.15, 0.2) is 0 Å². The summed E-state index contributed by atoms with van der Waals surface area (Å²) in [6.07, 6.45) is 0. The molecule has 3 heteroatoms. The highest BCUT2D eigenvalue weighted by molar-refractivity contribution is 5.76. The van der Waals surface area contributed by atoms with Gasteiger partial charge in [0.25, 0.3) is 0 Å². The van der Waals surface area contributed by atoms with E-state index in [1.807, 2.05) is 0 Å². The summed E-state index contributed by atoms with van der Waals surface area (Å²) in [6.45, 7) is 5.03. The van der Waals surface area contributed by atoms with Gasteiger partial charge >= 0.3 is 6.03 Å². The van der Waals surface area contributed by atoms with Crippen molar-refractivity contribution in [3.63, 3.8) is 0 Å². The van der Waals surface area contributed by atoms with Crippen molar-refractivity contribution in [3.8, 4) is 0 Å². The van der Waals surface area contributed by atoms with Gasteiger partial charge in [-0.1, -0.05) is 38.1 Å². The molecule has 1 aliphatic rings. The van der Waals surface area contributed by atoms with Crippen molar-refractivity contribution in [1.29, 1.82) is 0 Å².